The maximum Gasteiger partial charge on any atom is 0.224 e. The lowest BCUT2D eigenvalue weighted by atomic mass is 10.1. The molecule has 2 aromatic carbocycles. The Bertz CT molecular complexity index is 796. The van der Waals surface area contributed by atoms with E-state index < -0.39 is 9.84 Å². The van der Waals surface area contributed by atoms with Crippen LogP contribution in [0.1, 0.15) is 11.1 Å². The molecule has 1 N–H and O–H groups in total. The minimum absolute atomic E-state index is 0.0441. The summed E-state index contributed by atoms with van der Waals surface area (Å²) in [5.74, 6) is -0.209. The lowest BCUT2D eigenvalue weighted by Crippen LogP contribution is -2.25. The molecule has 0 radical (unpaired) electrons. The zero-order valence-electron chi connectivity index (χ0n) is 12.9. The summed E-state index contributed by atoms with van der Waals surface area (Å²) in [5, 5.41) is 2.76. The van der Waals surface area contributed by atoms with Gasteiger partial charge in [0, 0.05) is 12.8 Å². The van der Waals surface area contributed by atoms with Crippen LogP contribution in [0.4, 0.5) is 0 Å². The number of hydrogen-bond acceptors (Lipinski definition) is 3. The molecule has 0 aliphatic carbocycles. The van der Waals surface area contributed by atoms with E-state index >= 15 is 0 Å². The maximum atomic E-state index is 12.0. The number of carbonyl (C=O) groups is 1. The van der Waals surface area contributed by atoms with Gasteiger partial charge in [0.15, 0.2) is 9.84 Å². The van der Waals surface area contributed by atoms with Gasteiger partial charge in [-0.1, -0.05) is 60.7 Å². The van der Waals surface area contributed by atoms with Crippen molar-refractivity contribution < 1.29 is 13.2 Å². The molecular formula is C18H19NO3S. The van der Waals surface area contributed by atoms with Crippen LogP contribution in [-0.2, 0) is 21.1 Å². The molecule has 0 saturated heterocycles. The van der Waals surface area contributed by atoms with E-state index in [1.807, 2.05) is 42.5 Å². The van der Waals surface area contributed by atoms with Crippen LogP contribution in [-0.4, -0.2) is 27.1 Å². The van der Waals surface area contributed by atoms with Crippen molar-refractivity contribution in [2.75, 3.05) is 12.8 Å². The molecule has 120 valence electrons. The molecule has 0 fully saturated rings. The predicted octanol–water partition coefficient (Wildman–Crippen LogP) is 2.46. The van der Waals surface area contributed by atoms with E-state index in [0.717, 1.165) is 11.8 Å². The third kappa shape index (κ3) is 5.38. The van der Waals surface area contributed by atoms with Crippen LogP contribution in [0.2, 0.25) is 0 Å². The molecule has 5 heteroatoms. The highest BCUT2D eigenvalue weighted by Crippen LogP contribution is 2.15. The Morgan fingerprint density at radius 1 is 1.04 bits per heavy atom. The van der Waals surface area contributed by atoms with E-state index in [1.54, 1.807) is 18.2 Å². The molecule has 2 aromatic rings. The fourth-order valence-corrected chi connectivity index (χ4v) is 3.12. The average Bonchev–Trinajstić information content (AvgIpc) is 2.52. The van der Waals surface area contributed by atoms with Gasteiger partial charge >= 0.3 is 0 Å². The van der Waals surface area contributed by atoms with Crippen LogP contribution < -0.4 is 5.32 Å². The highest BCUT2D eigenvalue weighted by molar-refractivity contribution is 7.90. The van der Waals surface area contributed by atoms with Crippen molar-refractivity contribution in [3.63, 3.8) is 0 Å². The van der Waals surface area contributed by atoms with E-state index in [4.69, 9.17) is 0 Å². The van der Waals surface area contributed by atoms with E-state index in [2.05, 4.69) is 5.32 Å². The number of amides is 1. The fraction of sp³-hybridized carbons (Fsp3) is 0.167. The van der Waals surface area contributed by atoms with Gasteiger partial charge in [0.05, 0.1) is 11.3 Å². The van der Waals surface area contributed by atoms with Crippen LogP contribution in [0.15, 0.2) is 65.6 Å². The molecule has 0 aliphatic heterocycles. The minimum atomic E-state index is -3.33. The molecule has 23 heavy (non-hydrogen) atoms. The molecule has 0 aromatic heterocycles. The van der Waals surface area contributed by atoms with Crippen molar-refractivity contribution in [2.24, 2.45) is 0 Å². The van der Waals surface area contributed by atoms with E-state index in [-0.39, 0.29) is 17.2 Å². The summed E-state index contributed by atoms with van der Waals surface area (Å²) < 4.78 is 23.4. The number of rotatable bonds is 6. The molecule has 1 amide bonds. The summed E-state index contributed by atoms with van der Waals surface area (Å²) in [6, 6.07) is 16.3. The predicted molar refractivity (Wildman–Crippen MR) is 91.7 cm³/mol. The van der Waals surface area contributed by atoms with Gasteiger partial charge in [0.25, 0.3) is 0 Å². The quantitative estimate of drug-likeness (QED) is 0.885. The highest BCUT2D eigenvalue weighted by atomic mass is 32.2. The van der Waals surface area contributed by atoms with Crippen molar-refractivity contribution in [2.45, 2.75) is 11.3 Å². The smallest absolute Gasteiger partial charge is 0.224 e. The molecule has 0 spiro atoms. The van der Waals surface area contributed by atoms with Crippen molar-refractivity contribution in [3.8, 4) is 0 Å². The molecule has 4 nitrogen and oxygen atoms in total. The molecule has 0 unspecified atom stereocenters. The van der Waals surface area contributed by atoms with Crippen molar-refractivity contribution in [1.82, 2.24) is 5.32 Å². The molecule has 0 aliphatic rings. The second-order valence-corrected chi connectivity index (χ2v) is 7.16. The molecule has 0 heterocycles. The Hall–Kier alpha value is -2.40. The molecule has 2 rings (SSSR count). The fourth-order valence-electron chi connectivity index (χ4n) is 2.18. The maximum absolute atomic E-state index is 12.0. The molecule has 0 atom stereocenters. The van der Waals surface area contributed by atoms with Gasteiger partial charge in [-0.05, 0) is 17.2 Å². The first-order valence-corrected chi connectivity index (χ1v) is 9.12. The molecule has 0 bridgehead atoms. The molecular weight excluding hydrogens is 310 g/mol. The second-order valence-electron chi connectivity index (χ2n) is 5.17. The largest absolute Gasteiger partial charge is 0.352 e. The van der Waals surface area contributed by atoms with Crippen LogP contribution >= 0.6 is 0 Å². The standard InChI is InChI=1S/C18H19NO3S/c1-23(21,22)17-12-6-5-11-16(17)14-18(20)19-13-7-10-15-8-3-2-4-9-15/h2-12H,13-14H2,1H3,(H,19,20). The number of benzene rings is 2. The van der Waals surface area contributed by atoms with Gasteiger partial charge in [-0.3, -0.25) is 4.79 Å². The van der Waals surface area contributed by atoms with E-state index in [9.17, 15) is 13.2 Å². The highest BCUT2D eigenvalue weighted by Gasteiger charge is 2.14. The SMILES string of the molecule is CS(=O)(=O)c1ccccc1CC(=O)NCC=Cc1ccccc1. The lowest BCUT2D eigenvalue weighted by molar-refractivity contribution is -0.120. The summed E-state index contributed by atoms with van der Waals surface area (Å²) in [5.41, 5.74) is 1.57. The minimum Gasteiger partial charge on any atom is -0.352 e. The van der Waals surface area contributed by atoms with Gasteiger partial charge in [-0.2, -0.15) is 0 Å². The first-order chi connectivity index (χ1) is 11.0. The van der Waals surface area contributed by atoms with Crippen LogP contribution in [0.3, 0.4) is 0 Å². The average molecular weight is 329 g/mol. The second kappa shape index (κ2) is 7.74. The van der Waals surface area contributed by atoms with Gasteiger partial charge in [-0.15, -0.1) is 0 Å². The van der Waals surface area contributed by atoms with Gasteiger partial charge < -0.3 is 5.32 Å². The first-order valence-electron chi connectivity index (χ1n) is 7.23. The van der Waals surface area contributed by atoms with Crippen LogP contribution in [0.25, 0.3) is 6.08 Å². The van der Waals surface area contributed by atoms with Gasteiger partial charge in [0.2, 0.25) is 5.91 Å². The lowest BCUT2D eigenvalue weighted by Gasteiger charge is -2.07. The van der Waals surface area contributed by atoms with Gasteiger partial charge in [-0.25, -0.2) is 8.42 Å². The van der Waals surface area contributed by atoms with Crippen molar-refractivity contribution in [3.05, 3.63) is 71.8 Å². The normalized spacial score (nSPS) is 11.5. The number of nitrogens with one attached hydrogen (secondary N) is 1. The zero-order chi connectivity index (χ0) is 16.7. The summed E-state index contributed by atoms with van der Waals surface area (Å²) >= 11 is 0. The number of sulfone groups is 1. The topological polar surface area (TPSA) is 63.2 Å². The van der Waals surface area contributed by atoms with Crippen molar-refractivity contribution in [1.29, 1.82) is 0 Å². The van der Waals surface area contributed by atoms with Crippen molar-refractivity contribution >= 4 is 21.8 Å². The summed E-state index contributed by atoms with van der Waals surface area (Å²) in [7, 11) is -3.33. The Balaban J connectivity index is 1.92. The molecule has 0 saturated carbocycles. The summed E-state index contributed by atoms with van der Waals surface area (Å²) in [4.78, 5) is 12.2. The third-order valence-corrected chi connectivity index (χ3v) is 4.45. The Labute approximate surface area is 136 Å². The number of carbonyl (C=O) groups excluding carboxylic acids is 1. The Morgan fingerprint density at radius 3 is 2.39 bits per heavy atom. The first kappa shape index (κ1) is 17.0. The number of hydrogen-bond donors (Lipinski definition) is 1. The monoisotopic (exact) mass is 329 g/mol. The Morgan fingerprint density at radius 2 is 1.70 bits per heavy atom. The van der Waals surface area contributed by atoms with E-state index in [1.165, 1.54) is 6.07 Å². The van der Waals surface area contributed by atoms with E-state index in [0.29, 0.717) is 12.1 Å². The zero-order valence-corrected chi connectivity index (χ0v) is 13.7. The van der Waals surface area contributed by atoms with Crippen LogP contribution in [0, 0.1) is 0 Å². The summed E-state index contributed by atoms with van der Waals surface area (Å²) in [6.45, 7) is 0.398. The van der Waals surface area contributed by atoms with Gasteiger partial charge in [0.1, 0.15) is 0 Å². The Kier molecular flexibility index (Phi) is 5.71. The summed E-state index contributed by atoms with van der Waals surface area (Å²) in [6.07, 6.45) is 4.97. The third-order valence-electron chi connectivity index (χ3n) is 3.25. The van der Waals surface area contributed by atoms with Crippen LogP contribution in [0.5, 0.6) is 0 Å².